The summed E-state index contributed by atoms with van der Waals surface area (Å²) in [6, 6.07) is 5.63. The van der Waals surface area contributed by atoms with Crippen LogP contribution in [0.15, 0.2) is 18.2 Å². The molecule has 0 spiro atoms. The van der Waals surface area contributed by atoms with Gasteiger partial charge >= 0.3 is 0 Å². The van der Waals surface area contributed by atoms with Crippen molar-refractivity contribution < 1.29 is 4.74 Å². The van der Waals surface area contributed by atoms with Gasteiger partial charge in [-0.05, 0) is 19.1 Å². The van der Waals surface area contributed by atoms with Gasteiger partial charge in [0.05, 0.1) is 17.5 Å². The molecule has 18 heavy (non-hydrogen) atoms. The van der Waals surface area contributed by atoms with Crippen LogP contribution in [0, 0.1) is 0 Å². The molecule has 3 N–H and O–H groups in total. The first kappa shape index (κ1) is 12.9. The zero-order valence-electron chi connectivity index (χ0n) is 9.98. The standard InChI is InChI=1S/C11H13ClN4OS/c1-6(7-3-4-8(12)18-7)14-9-5-10(17-2)16-11(13)15-9/h3-6H,1-2H3,(H3,13,14,15,16). The lowest BCUT2D eigenvalue weighted by Crippen LogP contribution is -2.08. The van der Waals surface area contributed by atoms with E-state index in [1.807, 2.05) is 19.1 Å². The van der Waals surface area contributed by atoms with Gasteiger partial charge in [-0.1, -0.05) is 11.6 Å². The molecule has 0 bridgehead atoms. The second kappa shape index (κ2) is 5.41. The molecule has 0 fully saturated rings. The van der Waals surface area contributed by atoms with Gasteiger partial charge in [0, 0.05) is 10.9 Å². The Balaban J connectivity index is 2.16. The number of methoxy groups -OCH3 is 1. The second-order valence-corrected chi connectivity index (χ2v) is 5.41. The van der Waals surface area contributed by atoms with Crippen LogP contribution in [0.4, 0.5) is 11.8 Å². The first-order chi connectivity index (χ1) is 8.58. The molecule has 2 aromatic rings. The van der Waals surface area contributed by atoms with E-state index in [-0.39, 0.29) is 12.0 Å². The Hall–Kier alpha value is -1.53. The molecule has 0 radical (unpaired) electrons. The fraction of sp³-hybridized carbons (Fsp3) is 0.273. The second-order valence-electron chi connectivity index (χ2n) is 3.66. The van der Waals surface area contributed by atoms with Crippen molar-refractivity contribution >= 4 is 34.7 Å². The van der Waals surface area contributed by atoms with E-state index in [1.54, 1.807) is 6.07 Å². The SMILES string of the molecule is COc1cc(NC(C)c2ccc(Cl)s2)nc(N)n1. The molecule has 0 aliphatic rings. The number of anilines is 2. The Bertz CT molecular complexity index is 546. The smallest absolute Gasteiger partial charge is 0.225 e. The fourth-order valence-electron chi connectivity index (χ4n) is 1.48. The number of hydrogen-bond donors (Lipinski definition) is 2. The zero-order chi connectivity index (χ0) is 13.1. The first-order valence-electron chi connectivity index (χ1n) is 5.29. The van der Waals surface area contributed by atoms with Crippen molar-refractivity contribution in [2.75, 3.05) is 18.2 Å². The first-order valence-corrected chi connectivity index (χ1v) is 6.48. The van der Waals surface area contributed by atoms with Crippen LogP contribution in [0.3, 0.4) is 0 Å². The van der Waals surface area contributed by atoms with Gasteiger partial charge in [0.25, 0.3) is 0 Å². The number of nitrogens with one attached hydrogen (secondary N) is 1. The highest BCUT2D eigenvalue weighted by Crippen LogP contribution is 2.29. The van der Waals surface area contributed by atoms with Gasteiger partial charge in [0.15, 0.2) is 0 Å². The summed E-state index contributed by atoms with van der Waals surface area (Å²) in [6.45, 7) is 2.02. The molecule has 2 aromatic heterocycles. The number of hydrogen-bond acceptors (Lipinski definition) is 6. The lowest BCUT2D eigenvalue weighted by molar-refractivity contribution is 0.398. The molecule has 1 atom stereocenters. The Labute approximate surface area is 114 Å². The van der Waals surface area contributed by atoms with E-state index in [9.17, 15) is 0 Å². The van der Waals surface area contributed by atoms with Crippen LogP contribution in [0.25, 0.3) is 0 Å². The van der Waals surface area contributed by atoms with Crippen LogP contribution in [0.5, 0.6) is 5.88 Å². The quantitative estimate of drug-likeness (QED) is 0.903. The number of ether oxygens (including phenoxy) is 1. The van der Waals surface area contributed by atoms with Crippen LogP contribution in [0.2, 0.25) is 4.34 Å². The summed E-state index contributed by atoms with van der Waals surface area (Å²) in [5.41, 5.74) is 5.59. The predicted molar refractivity (Wildman–Crippen MR) is 74.4 cm³/mol. The topological polar surface area (TPSA) is 73.1 Å². The molecule has 1 unspecified atom stereocenters. The number of nitrogens with two attached hydrogens (primary N) is 1. The Morgan fingerprint density at radius 2 is 2.22 bits per heavy atom. The summed E-state index contributed by atoms with van der Waals surface area (Å²) >= 11 is 7.43. The molecule has 0 aliphatic heterocycles. The fourth-order valence-corrected chi connectivity index (χ4v) is 2.54. The molecule has 7 heteroatoms. The minimum Gasteiger partial charge on any atom is -0.481 e. The summed E-state index contributed by atoms with van der Waals surface area (Å²) in [7, 11) is 1.54. The molecule has 96 valence electrons. The van der Waals surface area contributed by atoms with Crippen LogP contribution >= 0.6 is 22.9 Å². The minimum absolute atomic E-state index is 0.0847. The molecular weight excluding hydrogens is 272 g/mol. The van der Waals surface area contributed by atoms with Gasteiger partial charge in [-0.25, -0.2) is 0 Å². The predicted octanol–water partition coefficient (Wildman–Crippen LogP) is 2.96. The van der Waals surface area contributed by atoms with Gasteiger partial charge in [0.2, 0.25) is 11.8 Å². The third-order valence-electron chi connectivity index (χ3n) is 2.31. The van der Waals surface area contributed by atoms with Gasteiger partial charge in [0.1, 0.15) is 5.82 Å². The zero-order valence-corrected chi connectivity index (χ0v) is 11.5. The van der Waals surface area contributed by atoms with E-state index in [4.69, 9.17) is 22.1 Å². The van der Waals surface area contributed by atoms with Crippen molar-refractivity contribution in [1.29, 1.82) is 0 Å². The Morgan fingerprint density at radius 1 is 1.44 bits per heavy atom. The van der Waals surface area contributed by atoms with Crippen LogP contribution < -0.4 is 15.8 Å². The van der Waals surface area contributed by atoms with Crippen LogP contribution in [-0.2, 0) is 0 Å². The summed E-state index contributed by atoms with van der Waals surface area (Å²) in [6.07, 6.45) is 0. The van der Waals surface area contributed by atoms with Crippen LogP contribution in [-0.4, -0.2) is 17.1 Å². The third kappa shape index (κ3) is 3.02. The lowest BCUT2D eigenvalue weighted by atomic mass is 10.3. The van der Waals surface area contributed by atoms with E-state index in [0.29, 0.717) is 11.7 Å². The number of rotatable bonds is 4. The molecule has 2 rings (SSSR count). The number of aromatic nitrogens is 2. The van der Waals surface area contributed by atoms with Gasteiger partial charge < -0.3 is 15.8 Å². The molecule has 2 heterocycles. The summed E-state index contributed by atoms with van der Waals surface area (Å²) in [4.78, 5) is 9.15. The van der Waals surface area contributed by atoms with E-state index in [1.165, 1.54) is 18.4 Å². The van der Waals surface area contributed by atoms with Gasteiger partial charge in [-0.15, -0.1) is 11.3 Å². The van der Waals surface area contributed by atoms with Crippen molar-refractivity contribution in [1.82, 2.24) is 9.97 Å². The van der Waals surface area contributed by atoms with E-state index >= 15 is 0 Å². The average molecular weight is 285 g/mol. The molecule has 0 aliphatic carbocycles. The lowest BCUT2D eigenvalue weighted by Gasteiger charge is -2.13. The largest absolute Gasteiger partial charge is 0.481 e. The number of nitrogen functional groups attached to an aromatic ring is 1. The Kier molecular flexibility index (Phi) is 3.88. The molecule has 0 saturated carbocycles. The van der Waals surface area contributed by atoms with Gasteiger partial charge in [-0.3, -0.25) is 0 Å². The van der Waals surface area contributed by atoms with E-state index in [2.05, 4.69) is 15.3 Å². The van der Waals surface area contributed by atoms with Gasteiger partial charge in [-0.2, -0.15) is 9.97 Å². The average Bonchev–Trinajstić information content (AvgIpc) is 2.75. The van der Waals surface area contributed by atoms with E-state index < -0.39 is 0 Å². The highest BCUT2D eigenvalue weighted by molar-refractivity contribution is 7.16. The maximum Gasteiger partial charge on any atom is 0.225 e. The van der Waals surface area contributed by atoms with E-state index in [0.717, 1.165) is 9.21 Å². The summed E-state index contributed by atoms with van der Waals surface area (Å²) in [5.74, 6) is 1.23. The molecule has 5 nitrogen and oxygen atoms in total. The highest BCUT2D eigenvalue weighted by Gasteiger charge is 2.10. The molecule has 0 saturated heterocycles. The summed E-state index contributed by atoms with van der Waals surface area (Å²) in [5, 5.41) is 3.23. The van der Waals surface area contributed by atoms with Crippen molar-refractivity contribution in [3.63, 3.8) is 0 Å². The number of nitrogens with zero attached hydrogens (tertiary/aromatic N) is 2. The maximum absolute atomic E-state index is 5.91. The van der Waals surface area contributed by atoms with Crippen molar-refractivity contribution in [2.24, 2.45) is 0 Å². The molecule has 0 amide bonds. The monoisotopic (exact) mass is 284 g/mol. The van der Waals surface area contributed by atoms with Crippen molar-refractivity contribution in [2.45, 2.75) is 13.0 Å². The highest BCUT2D eigenvalue weighted by atomic mass is 35.5. The number of halogens is 1. The molecular formula is C11H13ClN4OS. The number of thiophene rings is 1. The maximum atomic E-state index is 5.91. The Morgan fingerprint density at radius 3 is 2.83 bits per heavy atom. The van der Waals surface area contributed by atoms with Crippen molar-refractivity contribution in [3.8, 4) is 5.88 Å². The molecule has 0 aromatic carbocycles. The third-order valence-corrected chi connectivity index (χ3v) is 3.73. The van der Waals surface area contributed by atoms with Crippen LogP contribution in [0.1, 0.15) is 17.8 Å². The minimum atomic E-state index is 0.0847. The van der Waals surface area contributed by atoms with Crippen molar-refractivity contribution in [3.05, 3.63) is 27.4 Å². The normalized spacial score (nSPS) is 12.2. The summed E-state index contributed by atoms with van der Waals surface area (Å²) < 4.78 is 5.80.